The van der Waals surface area contributed by atoms with Gasteiger partial charge in [0.2, 0.25) is 0 Å². The summed E-state index contributed by atoms with van der Waals surface area (Å²) in [6, 6.07) is 0. The van der Waals surface area contributed by atoms with E-state index in [1.807, 2.05) is 6.92 Å². The molecule has 0 amide bonds. The van der Waals surface area contributed by atoms with Crippen LogP contribution in [0.2, 0.25) is 0 Å². The first-order valence-electron chi connectivity index (χ1n) is 5.63. The van der Waals surface area contributed by atoms with Crippen molar-refractivity contribution < 1.29 is 14.3 Å². The molecule has 0 heterocycles. The van der Waals surface area contributed by atoms with Gasteiger partial charge in [-0.15, -0.1) is 6.58 Å². The molecule has 0 aliphatic heterocycles. The number of hydrogen-bond acceptors (Lipinski definition) is 3. The monoisotopic (exact) mass is 226 g/mol. The van der Waals surface area contributed by atoms with E-state index >= 15 is 0 Å². The van der Waals surface area contributed by atoms with Crippen molar-refractivity contribution in [2.24, 2.45) is 5.92 Å². The quantitative estimate of drug-likeness (QED) is 0.344. The molecule has 2 unspecified atom stereocenters. The lowest BCUT2D eigenvalue weighted by molar-refractivity contribution is -0.138. The summed E-state index contributed by atoms with van der Waals surface area (Å²) in [4.78, 5) is 10.8. The third-order valence-corrected chi connectivity index (χ3v) is 2.34. The largest absolute Gasteiger partial charge is 0.463 e. The number of esters is 1. The lowest BCUT2D eigenvalue weighted by Crippen LogP contribution is -2.11. The van der Waals surface area contributed by atoms with Gasteiger partial charge in [0, 0.05) is 12.7 Å². The lowest BCUT2D eigenvalue weighted by atomic mass is 10.1. The third kappa shape index (κ3) is 8.24. The van der Waals surface area contributed by atoms with Crippen LogP contribution in [0.1, 0.15) is 26.7 Å². The molecule has 92 valence electrons. The Balaban J connectivity index is 3.44. The number of ether oxygens (including phenoxy) is 2. The Labute approximate surface area is 98.1 Å². The molecule has 0 aromatic heterocycles. The highest BCUT2D eigenvalue weighted by Crippen LogP contribution is 2.08. The molecule has 0 aromatic carbocycles. The number of rotatable bonds is 9. The maximum Gasteiger partial charge on any atom is 0.330 e. The van der Waals surface area contributed by atoms with Crippen molar-refractivity contribution in [3.8, 4) is 0 Å². The van der Waals surface area contributed by atoms with E-state index in [1.165, 1.54) is 6.08 Å². The van der Waals surface area contributed by atoms with Gasteiger partial charge >= 0.3 is 5.97 Å². The van der Waals surface area contributed by atoms with Gasteiger partial charge in [-0.3, -0.25) is 0 Å². The molecule has 0 spiro atoms. The average Bonchev–Trinajstić information content (AvgIpc) is 2.28. The Morgan fingerprint density at radius 2 is 1.88 bits per heavy atom. The van der Waals surface area contributed by atoms with E-state index in [2.05, 4.69) is 20.1 Å². The van der Waals surface area contributed by atoms with Crippen LogP contribution >= 0.6 is 0 Å². The predicted octanol–water partition coefficient (Wildman–Crippen LogP) is 2.72. The zero-order chi connectivity index (χ0) is 12.4. The second kappa shape index (κ2) is 9.16. The fourth-order valence-corrected chi connectivity index (χ4v) is 1.09. The van der Waals surface area contributed by atoms with Gasteiger partial charge in [0.05, 0.1) is 12.7 Å². The van der Waals surface area contributed by atoms with Crippen molar-refractivity contribution in [3.63, 3.8) is 0 Å². The van der Waals surface area contributed by atoms with Crippen molar-refractivity contribution in [1.29, 1.82) is 0 Å². The Hall–Kier alpha value is -1.09. The minimum absolute atomic E-state index is 0.103. The van der Waals surface area contributed by atoms with E-state index in [-0.39, 0.29) is 12.1 Å². The Kier molecular flexibility index (Phi) is 8.53. The van der Waals surface area contributed by atoms with Crippen LogP contribution < -0.4 is 0 Å². The summed E-state index contributed by atoms with van der Waals surface area (Å²) in [7, 11) is 0. The van der Waals surface area contributed by atoms with Crippen molar-refractivity contribution in [2.75, 3.05) is 13.2 Å². The van der Waals surface area contributed by atoms with Crippen LogP contribution in [-0.2, 0) is 14.3 Å². The van der Waals surface area contributed by atoms with E-state index in [9.17, 15) is 4.79 Å². The van der Waals surface area contributed by atoms with Gasteiger partial charge in [0.15, 0.2) is 0 Å². The molecule has 0 rings (SSSR count). The highest BCUT2D eigenvalue weighted by atomic mass is 16.5. The molecular weight excluding hydrogens is 204 g/mol. The normalized spacial score (nSPS) is 13.9. The summed E-state index contributed by atoms with van der Waals surface area (Å²) in [5.74, 6) is 0.123. The second-order valence-electron chi connectivity index (χ2n) is 3.87. The average molecular weight is 226 g/mol. The summed E-state index contributed by atoms with van der Waals surface area (Å²) in [6.45, 7) is 12.2. The van der Waals surface area contributed by atoms with Crippen molar-refractivity contribution in [1.82, 2.24) is 0 Å². The summed E-state index contributed by atoms with van der Waals surface area (Å²) >= 11 is 0. The maximum absolute atomic E-state index is 10.8. The molecule has 0 N–H and O–H groups in total. The smallest absolute Gasteiger partial charge is 0.330 e. The molecular formula is C13H22O3. The third-order valence-electron chi connectivity index (χ3n) is 2.34. The Morgan fingerprint density at radius 1 is 1.25 bits per heavy atom. The van der Waals surface area contributed by atoms with E-state index in [1.54, 1.807) is 6.08 Å². The van der Waals surface area contributed by atoms with Gasteiger partial charge in [-0.2, -0.15) is 0 Å². The summed E-state index contributed by atoms with van der Waals surface area (Å²) in [5, 5.41) is 0. The molecule has 0 aliphatic rings. The van der Waals surface area contributed by atoms with Crippen molar-refractivity contribution >= 4 is 5.97 Å². The van der Waals surface area contributed by atoms with E-state index in [4.69, 9.17) is 9.47 Å². The molecule has 3 nitrogen and oxygen atoms in total. The highest BCUT2D eigenvalue weighted by molar-refractivity contribution is 5.81. The molecule has 0 saturated carbocycles. The van der Waals surface area contributed by atoms with Gasteiger partial charge in [-0.05, 0) is 25.7 Å². The lowest BCUT2D eigenvalue weighted by Gasteiger charge is -2.13. The van der Waals surface area contributed by atoms with Gasteiger partial charge in [0.1, 0.15) is 0 Å². The van der Waals surface area contributed by atoms with E-state index in [0.717, 1.165) is 12.8 Å². The minimum Gasteiger partial charge on any atom is -0.463 e. The summed E-state index contributed by atoms with van der Waals surface area (Å²) < 4.78 is 10.4. The van der Waals surface area contributed by atoms with Crippen LogP contribution in [0.4, 0.5) is 0 Å². The first kappa shape index (κ1) is 14.9. The molecule has 0 aromatic rings. The predicted molar refractivity (Wildman–Crippen MR) is 65.2 cm³/mol. The zero-order valence-corrected chi connectivity index (χ0v) is 10.3. The fourth-order valence-electron chi connectivity index (χ4n) is 1.09. The topological polar surface area (TPSA) is 35.5 Å². The van der Waals surface area contributed by atoms with Crippen LogP contribution in [0.3, 0.4) is 0 Å². The molecule has 0 fully saturated rings. The molecule has 2 atom stereocenters. The van der Waals surface area contributed by atoms with Crippen LogP contribution in [-0.4, -0.2) is 25.3 Å². The maximum atomic E-state index is 10.8. The standard InChI is InChI=1S/C13H22O3/c1-5-12(4)15-9-7-11(3)8-10-16-13(14)6-2/h5-6,11-12H,1-2,7-10H2,3-4H3. The Morgan fingerprint density at radius 3 is 2.44 bits per heavy atom. The number of carbonyl (C=O) groups excluding carboxylic acids is 1. The molecule has 3 heteroatoms. The second-order valence-corrected chi connectivity index (χ2v) is 3.87. The van der Waals surface area contributed by atoms with E-state index < -0.39 is 0 Å². The molecule has 0 bridgehead atoms. The zero-order valence-electron chi connectivity index (χ0n) is 10.3. The molecule has 0 aliphatic carbocycles. The first-order valence-corrected chi connectivity index (χ1v) is 5.63. The summed E-state index contributed by atoms with van der Waals surface area (Å²) in [6.07, 6.45) is 4.87. The van der Waals surface area contributed by atoms with Gasteiger partial charge in [-0.25, -0.2) is 4.79 Å². The summed E-state index contributed by atoms with van der Waals surface area (Å²) in [5.41, 5.74) is 0. The SMILES string of the molecule is C=CC(=O)OCCC(C)CCOC(C)C=C. The van der Waals surface area contributed by atoms with Gasteiger partial charge < -0.3 is 9.47 Å². The van der Waals surface area contributed by atoms with Gasteiger partial charge in [-0.1, -0.05) is 19.6 Å². The molecule has 0 saturated heterocycles. The Bertz CT molecular complexity index is 223. The highest BCUT2D eigenvalue weighted by Gasteiger charge is 2.04. The van der Waals surface area contributed by atoms with Crippen LogP contribution in [0.15, 0.2) is 25.3 Å². The van der Waals surface area contributed by atoms with Crippen LogP contribution in [0.25, 0.3) is 0 Å². The molecule has 0 radical (unpaired) electrons. The van der Waals surface area contributed by atoms with Gasteiger partial charge in [0.25, 0.3) is 0 Å². The van der Waals surface area contributed by atoms with Crippen LogP contribution in [0, 0.1) is 5.92 Å². The number of hydrogen-bond donors (Lipinski definition) is 0. The van der Waals surface area contributed by atoms with E-state index in [0.29, 0.717) is 19.1 Å². The van der Waals surface area contributed by atoms with Crippen LogP contribution in [0.5, 0.6) is 0 Å². The fraction of sp³-hybridized carbons (Fsp3) is 0.615. The first-order chi connectivity index (χ1) is 7.60. The minimum atomic E-state index is -0.358. The van der Waals surface area contributed by atoms with Crippen molar-refractivity contribution in [3.05, 3.63) is 25.3 Å². The van der Waals surface area contributed by atoms with Crippen molar-refractivity contribution in [2.45, 2.75) is 32.8 Å². The number of carbonyl (C=O) groups is 1. The molecule has 16 heavy (non-hydrogen) atoms.